The van der Waals surface area contributed by atoms with Gasteiger partial charge in [-0.25, -0.2) is 8.42 Å². The largest absolute Gasteiger partial charge is 0.495 e. The van der Waals surface area contributed by atoms with Crippen molar-refractivity contribution in [1.82, 2.24) is 10.2 Å². The van der Waals surface area contributed by atoms with E-state index in [1.165, 1.54) is 49.3 Å². The Labute approximate surface area is 263 Å². The molecule has 2 amide bonds. The van der Waals surface area contributed by atoms with Gasteiger partial charge in [-0.1, -0.05) is 54.4 Å². The highest BCUT2D eigenvalue weighted by Crippen LogP contribution is 2.36. The number of hydrogen-bond donors (Lipinski definition) is 1. The van der Waals surface area contributed by atoms with Crippen molar-refractivity contribution in [2.75, 3.05) is 18.0 Å². The highest BCUT2D eigenvalue weighted by Gasteiger charge is 2.35. The van der Waals surface area contributed by atoms with Crippen LogP contribution in [0, 0.1) is 24.0 Å². The first-order chi connectivity index (χ1) is 20.7. The lowest BCUT2D eigenvalue weighted by Crippen LogP contribution is -2.52. The van der Waals surface area contributed by atoms with Gasteiger partial charge in [0.1, 0.15) is 18.3 Å². The summed E-state index contributed by atoms with van der Waals surface area (Å²) in [5.74, 6) is -0.992. The summed E-state index contributed by atoms with van der Waals surface area (Å²) < 4.78 is 34.6. The summed E-state index contributed by atoms with van der Waals surface area (Å²) in [7, 11) is -3.28. The number of halogens is 1. The van der Waals surface area contributed by atoms with Gasteiger partial charge in [0.05, 0.1) is 22.6 Å². The van der Waals surface area contributed by atoms with Crippen molar-refractivity contribution in [2.24, 2.45) is 0 Å². The Morgan fingerprint density at radius 2 is 1.70 bits per heavy atom. The highest BCUT2D eigenvalue weighted by atomic mass is 35.5. The molecule has 0 aromatic heterocycles. The van der Waals surface area contributed by atoms with E-state index >= 15 is 0 Å². The van der Waals surface area contributed by atoms with Gasteiger partial charge >= 0.3 is 0 Å². The van der Waals surface area contributed by atoms with Crippen molar-refractivity contribution in [1.29, 1.82) is 0 Å². The van der Waals surface area contributed by atoms with Gasteiger partial charge in [0.25, 0.3) is 15.7 Å². The average Bonchev–Trinajstić information content (AvgIpc) is 2.98. The van der Waals surface area contributed by atoms with Gasteiger partial charge in [-0.05, 0) is 63.9 Å². The smallest absolute Gasteiger partial charge is 0.273 e. The Kier molecular flexibility index (Phi) is 11.3. The number of benzene rings is 3. The van der Waals surface area contributed by atoms with Crippen LogP contribution in [0.4, 0.5) is 11.4 Å². The van der Waals surface area contributed by atoms with Gasteiger partial charge < -0.3 is 15.0 Å². The van der Waals surface area contributed by atoms with Crippen LogP contribution in [0.15, 0.2) is 65.6 Å². The number of carbonyl (C=O) groups excluding carboxylic acids is 2. The van der Waals surface area contributed by atoms with Crippen LogP contribution in [-0.4, -0.2) is 55.8 Å². The number of amides is 2. The van der Waals surface area contributed by atoms with Crippen LogP contribution in [0.5, 0.6) is 5.75 Å². The van der Waals surface area contributed by atoms with E-state index in [4.69, 9.17) is 16.3 Å². The second kappa shape index (κ2) is 14.5. The van der Waals surface area contributed by atoms with E-state index in [-0.39, 0.29) is 34.6 Å². The number of ether oxygens (including phenoxy) is 1. The zero-order chi connectivity index (χ0) is 32.8. The van der Waals surface area contributed by atoms with Crippen LogP contribution in [-0.2, 0) is 26.2 Å². The van der Waals surface area contributed by atoms with E-state index < -0.39 is 49.9 Å². The fourth-order valence-corrected chi connectivity index (χ4v) is 5.99. The third kappa shape index (κ3) is 8.06. The van der Waals surface area contributed by atoms with E-state index in [1.54, 1.807) is 6.92 Å². The molecule has 44 heavy (non-hydrogen) atoms. The van der Waals surface area contributed by atoms with Crippen LogP contribution >= 0.6 is 11.6 Å². The summed E-state index contributed by atoms with van der Waals surface area (Å²) in [4.78, 5) is 39.2. The third-order valence-electron chi connectivity index (χ3n) is 7.30. The number of rotatable bonds is 13. The summed E-state index contributed by atoms with van der Waals surface area (Å²) >= 11 is 6.26. The van der Waals surface area contributed by atoms with Crippen LogP contribution in [0.1, 0.15) is 43.9 Å². The first-order valence-corrected chi connectivity index (χ1v) is 15.8. The van der Waals surface area contributed by atoms with E-state index in [9.17, 15) is 28.1 Å². The Hall–Kier alpha value is -4.16. The predicted octanol–water partition coefficient (Wildman–Crippen LogP) is 5.40. The molecule has 0 fully saturated rings. The second-order valence-electron chi connectivity index (χ2n) is 10.5. The minimum Gasteiger partial charge on any atom is -0.495 e. The molecule has 0 bridgehead atoms. The number of aryl methyl sites for hydroxylation is 2. The standard InChI is InChI=1S/C31H37ClN4O7S/c1-7-22(4)33-31(38)23(5)34(18-24-11-8-20(2)9-12-24)30(37)19-35(28-16-25(32)13-15-29(28)43-6)44(41,42)26-14-10-21(3)27(17-26)36(39)40/h8-17,22-23H,7,18-19H2,1-6H3,(H,33,38). The van der Waals surface area contributed by atoms with Crippen LogP contribution in [0.3, 0.4) is 0 Å². The number of sulfonamides is 1. The number of methoxy groups -OCH3 is 1. The van der Waals surface area contributed by atoms with Gasteiger partial charge in [-0.15, -0.1) is 0 Å². The van der Waals surface area contributed by atoms with Crippen molar-refractivity contribution in [3.8, 4) is 5.75 Å². The summed E-state index contributed by atoms with van der Waals surface area (Å²) in [6.07, 6.45) is 0.674. The van der Waals surface area contributed by atoms with E-state index in [1.807, 2.05) is 45.0 Å². The average molecular weight is 645 g/mol. The zero-order valence-electron chi connectivity index (χ0n) is 25.5. The van der Waals surface area contributed by atoms with Gasteiger partial charge in [0, 0.05) is 29.2 Å². The molecule has 0 aliphatic rings. The summed E-state index contributed by atoms with van der Waals surface area (Å²) in [6, 6.07) is 14.1. The number of carbonyl (C=O) groups is 2. The van der Waals surface area contributed by atoms with E-state index in [2.05, 4.69) is 5.32 Å². The fraction of sp³-hybridized carbons (Fsp3) is 0.355. The maximum Gasteiger partial charge on any atom is 0.273 e. The molecule has 0 spiro atoms. The Morgan fingerprint density at radius 1 is 1.05 bits per heavy atom. The molecule has 2 unspecified atom stereocenters. The molecule has 0 aliphatic heterocycles. The molecule has 2 atom stereocenters. The lowest BCUT2D eigenvalue weighted by Gasteiger charge is -2.33. The molecule has 0 saturated carbocycles. The van der Waals surface area contributed by atoms with Crippen molar-refractivity contribution in [3.63, 3.8) is 0 Å². The molecule has 0 radical (unpaired) electrons. The monoisotopic (exact) mass is 644 g/mol. The Morgan fingerprint density at radius 3 is 2.30 bits per heavy atom. The number of hydrogen-bond acceptors (Lipinski definition) is 7. The second-order valence-corrected chi connectivity index (χ2v) is 12.8. The van der Waals surface area contributed by atoms with Crippen LogP contribution < -0.4 is 14.4 Å². The van der Waals surface area contributed by atoms with Crippen LogP contribution in [0.2, 0.25) is 5.02 Å². The fourth-order valence-electron chi connectivity index (χ4n) is 4.38. The maximum absolute atomic E-state index is 14.2. The SMILES string of the molecule is CCC(C)NC(=O)C(C)N(Cc1ccc(C)cc1)C(=O)CN(c1cc(Cl)ccc1OC)S(=O)(=O)c1ccc(C)c([N+](=O)[O-])c1. The number of nitro benzene ring substituents is 1. The van der Waals surface area contributed by atoms with E-state index in [0.717, 1.165) is 21.5 Å². The molecular formula is C31H37ClN4O7S. The van der Waals surface area contributed by atoms with Crippen LogP contribution in [0.25, 0.3) is 0 Å². The lowest BCUT2D eigenvalue weighted by molar-refractivity contribution is -0.385. The summed E-state index contributed by atoms with van der Waals surface area (Å²) in [6.45, 7) is 8.01. The molecule has 1 N–H and O–H groups in total. The number of nitrogens with one attached hydrogen (secondary N) is 1. The van der Waals surface area contributed by atoms with Gasteiger partial charge in [-0.2, -0.15) is 0 Å². The minimum atomic E-state index is -4.61. The third-order valence-corrected chi connectivity index (χ3v) is 9.29. The van der Waals surface area contributed by atoms with Crippen molar-refractivity contribution in [2.45, 2.75) is 64.6 Å². The predicted molar refractivity (Wildman–Crippen MR) is 169 cm³/mol. The topological polar surface area (TPSA) is 139 Å². The number of anilines is 1. The Balaban J connectivity index is 2.15. The molecule has 0 aliphatic carbocycles. The molecule has 0 saturated heterocycles. The lowest BCUT2D eigenvalue weighted by atomic mass is 10.1. The quantitative estimate of drug-likeness (QED) is 0.194. The Bertz CT molecular complexity index is 1630. The summed E-state index contributed by atoms with van der Waals surface area (Å²) in [5.41, 5.74) is 1.56. The first-order valence-electron chi connectivity index (χ1n) is 14.0. The molecule has 236 valence electrons. The zero-order valence-corrected chi connectivity index (χ0v) is 27.1. The van der Waals surface area contributed by atoms with Gasteiger partial charge in [0.15, 0.2) is 0 Å². The normalized spacial score (nSPS) is 12.6. The molecule has 0 heterocycles. The highest BCUT2D eigenvalue weighted by molar-refractivity contribution is 7.92. The van der Waals surface area contributed by atoms with Crippen molar-refractivity contribution in [3.05, 3.63) is 92.5 Å². The number of nitro groups is 1. The molecule has 11 nitrogen and oxygen atoms in total. The van der Waals surface area contributed by atoms with E-state index in [0.29, 0.717) is 6.42 Å². The summed E-state index contributed by atoms with van der Waals surface area (Å²) in [5, 5.41) is 14.7. The minimum absolute atomic E-state index is 0.0186. The maximum atomic E-state index is 14.2. The van der Waals surface area contributed by atoms with Crippen molar-refractivity contribution >= 4 is 44.8 Å². The molecule has 13 heteroatoms. The molecule has 3 aromatic carbocycles. The van der Waals surface area contributed by atoms with Crippen molar-refractivity contribution < 1.29 is 27.7 Å². The molecular weight excluding hydrogens is 608 g/mol. The first kappa shape index (κ1) is 34.3. The molecule has 3 aromatic rings. The number of nitrogens with zero attached hydrogens (tertiary/aromatic N) is 3. The van der Waals surface area contributed by atoms with Gasteiger partial charge in [0.2, 0.25) is 11.8 Å². The molecule has 3 rings (SSSR count). The van der Waals surface area contributed by atoms with Gasteiger partial charge in [-0.3, -0.25) is 24.0 Å².